The molecule has 0 bridgehead atoms. The highest BCUT2D eigenvalue weighted by molar-refractivity contribution is 7.92. The van der Waals surface area contributed by atoms with Crippen LogP contribution < -0.4 is 15.4 Å². The number of carbonyl (C=O) groups is 2. The van der Waals surface area contributed by atoms with E-state index in [0.29, 0.717) is 16.9 Å². The van der Waals surface area contributed by atoms with Crippen LogP contribution in [0.4, 0.5) is 11.4 Å². The van der Waals surface area contributed by atoms with E-state index >= 15 is 0 Å². The van der Waals surface area contributed by atoms with E-state index in [0.717, 1.165) is 0 Å². The number of carbonyl (C=O) groups excluding carboxylic acids is 2. The van der Waals surface area contributed by atoms with Crippen LogP contribution >= 0.6 is 0 Å². The monoisotopic (exact) mass is 375 g/mol. The van der Waals surface area contributed by atoms with Gasteiger partial charge in [-0.15, -0.1) is 0 Å². The fraction of sp³-hybridized carbons (Fsp3) is 0.222. The summed E-state index contributed by atoms with van der Waals surface area (Å²) in [5.41, 5.74) is 1.32. The molecule has 2 rings (SSSR count). The van der Waals surface area contributed by atoms with Gasteiger partial charge in [0.05, 0.1) is 4.90 Å². The molecule has 0 unspecified atom stereocenters. The number of nitrogens with one attached hydrogen (secondary N) is 3. The van der Waals surface area contributed by atoms with E-state index in [4.69, 9.17) is 0 Å². The number of hydrogen-bond donors (Lipinski definition) is 3. The second-order valence-corrected chi connectivity index (χ2v) is 7.70. The van der Waals surface area contributed by atoms with Crippen LogP contribution in [-0.4, -0.2) is 26.3 Å². The van der Waals surface area contributed by atoms with E-state index in [1.54, 1.807) is 24.3 Å². The van der Waals surface area contributed by atoms with Crippen molar-refractivity contribution in [3.8, 4) is 0 Å². The molecule has 138 valence electrons. The van der Waals surface area contributed by atoms with Crippen molar-refractivity contribution in [2.24, 2.45) is 0 Å². The van der Waals surface area contributed by atoms with E-state index in [1.165, 1.54) is 31.2 Å². The summed E-state index contributed by atoms with van der Waals surface area (Å²) in [6.45, 7) is 5.08. The maximum atomic E-state index is 12.4. The Morgan fingerprint density at radius 1 is 0.885 bits per heavy atom. The Morgan fingerprint density at radius 3 is 1.92 bits per heavy atom. The van der Waals surface area contributed by atoms with Gasteiger partial charge in [0.25, 0.3) is 15.9 Å². The molecule has 0 aromatic heterocycles. The van der Waals surface area contributed by atoms with Crippen LogP contribution in [0.15, 0.2) is 53.4 Å². The number of anilines is 2. The highest BCUT2D eigenvalue weighted by Gasteiger charge is 2.15. The zero-order chi connectivity index (χ0) is 19.3. The van der Waals surface area contributed by atoms with Gasteiger partial charge in [0.1, 0.15) is 0 Å². The summed E-state index contributed by atoms with van der Waals surface area (Å²) >= 11 is 0. The minimum absolute atomic E-state index is 0.00645. The van der Waals surface area contributed by atoms with Crippen LogP contribution in [-0.2, 0) is 14.8 Å². The summed E-state index contributed by atoms with van der Waals surface area (Å²) in [5, 5.41) is 5.34. The highest BCUT2D eigenvalue weighted by Crippen LogP contribution is 2.19. The smallest absolute Gasteiger partial charge is 0.261 e. The van der Waals surface area contributed by atoms with Gasteiger partial charge in [0.15, 0.2) is 0 Å². The van der Waals surface area contributed by atoms with E-state index in [9.17, 15) is 18.0 Å². The second kappa shape index (κ2) is 8.01. The largest absolute Gasteiger partial charge is 0.350 e. The van der Waals surface area contributed by atoms with Crippen LogP contribution in [0.2, 0.25) is 0 Å². The lowest BCUT2D eigenvalue weighted by molar-refractivity contribution is -0.114. The molecule has 0 atom stereocenters. The average Bonchev–Trinajstić information content (AvgIpc) is 2.55. The van der Waals surface area contributed by atoms with Crippen molar-refractivity contribution in [1.82, 2.24) is 5.32 Å². The minimum Gasteiger partial charge on any atom is -0.350 e. The molecule has 0 saturated heterocycles. The Kier molecular flexibility index (Phi) is 5.99. The van der Waals surface area contributed by atoms with Crippen molar-refractivity contribution in [2.45, 2.75) is 31.7 Å². The van der Waals surface area contributed by atoms with Crippen LogP contribution in [0.25, 0.3) is 0 Å². The van der Waals surface area contributed by atoms with Crippen molar-refractivity contribution < 1.29 is 18.0 Å². The third-order valence-electron chi connectivity index (χ3n) is 3.30. The fourth-order valence-corrected chi connectivity index (χ4v) is 3.23. The topological polar surface area (TPSA) is 104 Å². The van der Waals surface area contributed by atoms with Gasteiger partial charge in [0, 0.05) is 29.9 Å². The minimum atomic E-state index is -3.78. The molecule has 0 spiro atoms. The van der Waals surface area contributed by atoms with Crippen molar-refractivity contribution in [3.63, 3.8) is 0 Å². The van der Waals surface area contributed by atoms with E-state index < -0.39 is 10.0 Å². The summed E-state index contributed by atoms with van der Waals surface area (Å²) in [6.07, 6.45) is 0. The standard InChI is InChI=1S/C18H21N3O4S/c1-12(2)19-18(23)14-4-10-17(11-5-14)26(24,25)21-16-8-6-15(7-9-16)20-13(3)22/h4-12,21H,1-3H3,(H,19,23)(H,20,22). The van der Waals surface area contributed by atoms with E-state index in [2.05, 4.69) is 15.4 Å². The molecular weight excluding hydrogens is 354 g/mol. The van der Waals surface area contributed by atoms with Crippen LogP contribution in [0.1, 0.15) is 31.1 Å². The zero-order valence-corrected chi connectivity index (χ0v) is 15.6. The summed E-state index contributed by atoms with van der Waals surface area (Å²) in [6, 6.07) is 12.0. The van der Waals surface area contributed by atoms with Crippen LogP contribution in [0.5, 0.6) is 0 Å². The first kappa shape index (κ1) is 19.5. The molecule has 26 heavy (non-hydrogen) atoms. The molecule has 0 fully saturated rings. The molecule has 0 aliphatic carbocycles. The molecule has 8 heteroatoms. The van der Waals surface area contributed by atoms with Crippen LogP contribution in [0.3, 0.4) is 0 Å². The molecule has 2 aromatic carbocycles. The normalized spacial score (nSPS) is 11.1. The SMILES string of the molecule is CC(=O)Nc1ccc(NS(=O)(=O)c2ccc(C(=O)NC(C)C)cc2)cc1. The van der Waals surface area contributed by atoms with Gasteiger partial charge in [0.2, 0.25) is 5.91 Å². The van der Waals surface area contributed by atoms with Crippen molar-refractivity contribution in [2.75, 3.05) is 10.0 Å². The van der Waals surface area contributed by atoms with Gasteiger partial charge < -0.3 is 10.6 Å². The number of amides is 2. The molecular formula is C18H21N3O4S. The van der Waals surface area contributed by atoms with E-state index in [-0.39, 0.29) is 22.8 Å². The summed E-state index contributed by atoms with van der Waals surface area (Å²) in [5.74, 6) is -0.467. The highest BCUT2D eigenvalue weighted by atomic mass is 32.2. The van der Waals surface area contributed by atoms with Crippen molar-refractivity contribution >= 4 is 33.2 Å². The number of sulfonamides is 1. The fourth-order valence-electron chi connectivity index (χ4n) is 2.17. The molecule has 2 amide bonds. The predicted molar refractivity (Wildman–Crippen MR) is 101 cm³/mol. The second-order valence-electron chi connectivity index (χ2n) is 6.02. The molecule has 0 radical (unpaired) electrons. The van der Waals surface area contributed by atoms with Crippen molar-refractivity contribution in [3.05, 3.63) is 54.1 Å². The molecule has 2 aromatic rings. The lowest BCUT2D eigenvalue weighted by Gasteiger charge is -2.11. The van der Waals surface area contributed by atoms with Gasteiger partial charge in [-0.3, -0.25) is 14.3 Å². The Bertz CT molecular complexity index is 889. The Hall–Kier alpha value is -2.87. The Labute approximate surface area is 152 Å². The van der Waals surface area contributed by atoms with E-state index in [1.807, 2.05) is 13.8 Å². The number of rotatable bonds is 6. The first-order chi connectivity index (χ1) is 12.2. The third-order valence-corrected chi connectivity index (χ3v) is 4.70. The molecule has 0 saturated carbocycles. The first-order valence-electron chi connectivity index (χ1n) is 7.99. The van der Waals surface area contributed by atoms with Gasteiger partial charge in [-0.2, -0.15) is 0 Å². The lowest BCUT2D eigenvalue weighted by atomic mass is 10.2. The quantitative estimate of drug-likeness (QED) is 0.722. The molecule has 0 aliphatic rings. The Balaban J connectivity index is 2.12. The maximum absolute atomic E-state index is 12.4. The maximum Gasteiger partial charge on any atom is 0.261 e. The first-order valence-corrected chi connectivity index (χ1v) is 9.47. The number of benzene rings is 2. The van der Waals surface area contributed by atoms with Gasteiger partial charge in [-0.1, -0.05) is 0 Å². The molecule has 0 aliphatic heterocycles. The average molecular weight is 375 g/mol. The third kappa shape index (κ3) is 5.32. The molecule has 7 nitrogen and oxygen atoms in total. The van der Waals surface area contributed by atoms with Gasteiger partial charge in [-0.25, -0.2) is 8.42 Å². The number of hydrogen-bond acceptors (Lipinski definition) is 4. The molecule has 0 heterocycles. The van der Waals surface area contributed by atoms with Gasteiger partial charge in [-0.05, 0) is 62.4 Å². The summed E-state index contributed by atoms with van der Waals surface area (Å²) in [7, 11) is -3.78. The Morgan fingerprint density at radius 2 is 1.42 bits per heavy atom. The van der Waals surface area contributed by atoms with Gasteiger partial charge >= 0.3 is 0 Å². The lowest BCUT2D eigenvalue weighted by Crippen LogP contribution is -2.30. The van der Waals surface area contributed by atoms with Crippen LogP contribution in [0, 0.1) is 0 Å². The summed E-state index contributed by atoms with van der Waals surface area (Å²) < 4.78 is 27.3. The van der Waals surface area contributed by atoms with Crippen molar-refractivity contribution in [1.29, 1.82) is 0 Å². The zero-order valence-electron chi connectivity index (χ0n) is 14.7. The summed E-state index contributed by atoms with van der Waals surface area (Å²) in [4.78, 5) is 23.0. The predicted octanol–water partition coefficient (Wildman–Crippen LogP) is 2.58. The molecule has 3 N–H and O–H groups in total.